The van der Waals surface area contributed by atoms with Gasteiger partial charge in [0, 0.05) is 17.8 Å². The van der Waals surface area contributed by atoms with Gasteiger partial charge in [-0.3, -0.25) is 4.79 Å². The second-order valence-electron chi connectivity index (χ2n) is 4.19. The number of aromatic nitrogens is 2. The number of aryl methyl sites for hydroxylation is 1. The Morgan fingerprint density at radius 3 is 2.67 bits per heavy atom. The molecular formula is C13H14FN3O. The lowest BCUT2D eigenvalue weighted by molar-refractivity contribution is 0.597. The van der Waals surface area contributed by atoms with E-state index in [1.165, 1.54) is 16.8 Å². The Kier molecular flexibility index (Phi) is 3.25. The molecule has 1 atom stereocenters. The van der Waals surface area contributed by atoms with Gasteiger partial charge in [0.2, 0.25) is 5.43 Å². The van der Waals surface area contributed by atoms with Crippen molar-refractivity contribution < 1.29 is 4.39 Å². The van der Waals surface area contributed by atoms with Crippen LogP contribution in [0.5, 0.6) is 0 Å². The maximum Gasteiger partial charge on any atom is 0.205 e. The number of benzene rings is 1. The molecule has 1 unspecified atom stereocenters. The molecule has 94 valence electrons. The Balaban J connectivity index is 2.69. The molecule has 1 heterocycles. The van der Waals surface area contributed by atoms with Crippen LogP contribution in [0.4, 0.5) is 4.39 Å². The maximum absolute atomic E-state index is 13.7. The van der Waals surface area contributed by atoms with E-state index >= 15 is 0 Å². The Morgan fingerprint density at radius 1 is 1.39 bits per heavy atom. The molecule has 0 saturated heterocycles. The fourth-order valence-corrected chi connectivity index (χ4v) is 1.74. The highest BCUT2D eigenvalue weighted by Gasteiger charge is 2.12. The van der Waals surface area contributed by atoms with Crippen LogP contribution in [0.3, 0.4) is 0 Å². The normalized spacial score (nSPS) is 12.4. The van der Waals surface area contributed by atoms with Crippen molar-refractivity contribution in [3.05, 3.63) is 57.8 Å². The number of rotatable bonds is 2. The zero-order valence-corrected chi connectivity index (χ0v) is 10.2. The molecule has 18 heavy (non-hydrogen) atoms. The SMILES string of the molecule is Cc1cc(=O)c(C(C)N)nn1-c1ccccc1F. The standard InChI is InChI=1S/C13H14FN3O/c1-8-7-12(18)13(9(2)15)16-17(8)11-6-4-3-5-10(11)14/h3-7,9H,15H2,1-2H3. The van der Waals surface area contributed by atoms with Crippen LogP contribution >= 0.6 is 0 Å². The van der Waals surface area contributed by atoms with Gasteiger partial charge >= 0.3 is 0 Å². The number of hydrogen-bond donors (Lipinski definition) is 1. The molecule has 0 saturated carbocycles. The average Bonchev–Trinajstić information content (AvgIpc) is 2.30. The summed E-state index contributed by atoms with van der Waals surface area (Å²) in [5.74, 6) is -0.396. The predicted molar refractivity (Wildman–Crippen MR) is 67.1 cm³/mol. The van der Waals surface area contributed by atoms with E-state index in [0.29, 0.717) is 11.4 Å². The zero-order chi connectivity index (χ0) is 13.3. The van der Waals surface area contributed by atoms with Crippen molar-refractivity contribution in [3.63, 3.8) is 0 Å². The van der Waals surface area contributed by atoms with E-state index in [4.69, 9.17) is 5.73 Å². The van der Waals surface area contributed by atoms with Crippen molar-refractivity contribution >= 4 is 0 Å². The predicted octanol–water partition coefficient (Wildman–Crippen LogP) is 1.70. The van der Waals surface area contributed by atoms with Crippen molar-refractivity contribution in [1.82, 2.24) is 9.78 Å². The molecule has 0 fully saturated rings. The summed E-state index contributed by atoms with van der Waals surface area (Å²) in [7, 11) is 0. The molecule has 0 aliphatic carbocycles. The second kappa shape index (κ2) is 4.70. The van der Waals surface area contributed by atoms with Gasteiger partial charge in [0.05, 0.1) is 0 Å². The quantitative estimate of drug-likeness (QED) is 0.878. The monoisotopic (exact) mass is 247 g/mol. The summed E-state index contributed by atoms with van der Waals surface area (Å²) in [6, 6.07) is 7.19. The molecule has 2 rings (SSSR count). The summed E-state index contributed by atoms with van der Waals surface area (Å²) >= 11 is 0. The first-order valence-corrected chi connectivity index (χ1v) is 5.62. The Labute approximate surface area is 104 Å². The molecule has 0 amide bonds. The molecule has 0 bridgehead atoms. The molecule has 1 aromatic heterocycles. The first-order chi connectivity index (χ1) is 8.50. The molecule has 2 N–H and O–H groups in total. The van der Waals surface area contributed by atoms with Gasteiger partial charge in [0.25, 0.3) is 0 Å². The Morgan fingerprint density at radius 2 is 2.06 bits per heavy atom. The van der Waals surface area contributed by atoms with E-state index in [9.17, 15) is 9.18 Å². The fraction of sp³-hybridized carbons (Fsp3) is 0.231. The topological polar surface area (TPSA) is 60.9 Å². The van der Waals surface area contributed by atoms with E-state index in [2.05, 4.69) is 5.10 Å². The molecule has 1 aromatic carbocycles. The molecule has 0 aliphatic rings. The lowest BCUT2D eigenvalue weighted by Gasteiger charge is -2.13. The Bertz CT molecular complexity index is 634. The molecule has 0 radical (unpaired) electrons. The van der Waals surface area contributed by atoms with Crippen molar-refractivity contribution in [3.8, 4) is 5.69 Å². The zero-order valence-electron chi connectivity index (χ0n) is 10.2. The van der Waals surface area contributed by atoms with Crippen LogP contribution in [0.25, 0.3) is 5.69 Å². The molecule has 0 spiro atoms. The van der Waals surface area contributed by atoms with Gasteiger partial charge in [-0.15, -0.1) is 0 Å². The second-order valence-corrected chi connectivity index (χ2v) is 4.19. The summed E-state index contributed by atoms with van der Waals surface area (Å²) < 4.78 is 15.1. The highest BCUT2D eigenvalue weighted by atomic mass is 19.1. The summed E-state index contributed by atoms with van der Waals surface area (Å²) in [5.41, 5.74) is 6.55. The molecular weight excluding hydrogens is 233 g/mol. The number of hydrogen-bond acceptors (Lipinski definition) is 3. The first kappa shape index (κ1) is 12.4. The van der Waals surface area contributed by atoms with Crippen molar-refractivity contribution in [2.24, 2.45) is 5.73 Å². The number of halogens is 1. The minimum Gasteiger partial charge on any atom is -0.323 e. The summed E-state index contributed by atoms with van der Waals surface area (Å²) in [4.78, 5) is 11.7. The molecule has 2 aromatic rings. The summed E-state index contributed by atoms with van der Waals surface area (Å²) in [6.07, 6.45) is 0. The van der Waals surface area contributed by atoms with Gasteiger partial charge in [-0.2, -0.15) is 5.10 Å². The van der Waals surface area contributed by atoms with Crippen LogP contribution in [0.1, 0.15) is 24.4 Å². The lowest BCUT2D eigenvalue weighted by Crippen LogP contribution is -2.24. The van der Waals surface area contributed by atoms with Crippen LogP contribution in [-0.4, -0.2) is 9.78 Å². The van der Waals surface area contributed by atoms with Crippen molar-refractivity contribution in [2.45, 2.75) is 19.9 Å². The van der Waals surface area contributed by atoms with Crippen molar-refractivity contribution in [1.29, 1.82) is 0 Å². The van der Waals surface area contributed by atoms with Crippen LogP contribution in [-0.2, 0) is 0 Å². The first-order valence-electron chi connectivity index (χ1n) is 5.62. The van der Waals surface area contributed by atoms with Crippen LogP contribution in [0.2, 0.25) is 0 Å². The Hall–Kier alpha value is -2.01. The number of nitrogens with two attached hydrogens (primary N) is 1. The smallest absolute Gasteiger partial charge is 0.205 e. The minimum atomic E-state index is -0.490. The van der Waals surface area contributed by atoms with E-state index in [0.717, 1.165) is 0 Å². The summed E-state index contributed by atoms with van der Waals surface area (Å²) in [5, 5.41) is 4.14. The maximum atomic E-state index is 13.7. The fourth-order valence-electron chi connectivity index (χ4n) is 1.74. The molecule has 0 aliphatic heterocycles. The van der Waals surface area contributed by atoms with E-state index in [1.807, 2.05) is 0 Å². The van der Waals surface area contributed by atoms with Gasteiger partial charge in [-0.25, -0.2) is 9.07 Å². The third-order valence-corrected chi connectivity index (χ3v) is 2.65. The van der Waals surface area contributed by atoms with Gasteiger partial charge in [0.15, 0.2) is 0 Å². The summed E-state index contributed by atoms with van der Waals surface area (Å²) in [6.45, 7) is 3.37. The highest BCUT2D eigenvalue weighted by molar-refractivity contribution is 5.34. The van der Waals surface area contributed by atoms with E-state index < -0.39 is 11.9 Å². The third kappa shape index (κ3) is 2.17. The highest BCUT2D eigenvalue weighted by Crippen LogP contribution is 2.13. The lowest BCUT2D eigenvalue weighted by atomic mass is 10.2. The van der Waals surface area contributed by atoms with Crippen LogP contribution < -0.4 is 11.2 Å². The third-order valence-electron chi connectivity index (χ3n) is 2.65. The van der Waals surface area contributed by atoms with E-state index in [1.54, 1.807) is 32.0 Å². The van der Waals surface area contributed by atoms with Crippen molar-refractivity contribution in [2.75, 3.05) is 0 Å². The van der Waals surface area contributed by atoms with Gasteiger partial charge in [0.1, 0.15) is 17.2 Å². The van der Waals surface area contributed by atoms with Crippen LogP contribution in [0, 0.1) is 12.7 Å². The number of nitrogens with zero attached hydrogens (tertiary/aromatic N) is 2. The van der Waals surface area contributed by atoms with Gasteiger partial charge in [-0.1, -0.05) is 12.1 Å². The van der Waals surface area contributed by atoms with E-state index in [-0.39, 0.29) is 11.1 Å². The molecule has 4 nitrogen and oxygen atoms in total. The minimum absolute atomic E-state index is 0.226. The van der Waals surface area contributed by atoms with Gasteiger partial charge in [-0.05, 0) is 26.0 Å². The molecule has 5 heteroatoms. The van der Waals surface area contributed by atoms with Crippen LogP contribution in [0.15, 0.2) is 35.1 Å². The average molecular weight is 247 g/mol. The largest absolute Gasteiger partial charge is 0.323 e. The number of para-hydroxylation sites is 1. The van der Waals surface area contributed by atoms with Gasteiger partial charge < -0.3 is 5.73 Å².